The van der Waals surface area contributed by atoms with Gasteiger partial charge in [0, 0.05) is 12.3 Å². The largest absolute Gasteiger partial charge is 0.319 e. The van der Waals surface area contributed by atoms with Gasteiger partial charge in [-0.15, -0.1) is 0 Å². The molecule has 1 N–H and O–H groups in total. The first kappa shape index (κ1) is 11.6. The molecule has 0 bridgehead atoms. The van der Waals surface area contributed by atoms with Crippen LogP contribution in [0.4, 0.5) is 8.78 Å². The molecule has 3 aromatic rings. The third-order valence-corrected chi connectivity index (χ3v) is 3.03. The highest BCUT2D eigenvalue weighted by atomic mass is 19.2. The predicted octanol–water partition coefficient (Wildman–Crippen LogP) is 2.88. The molecule has 1 aromatic carbocycles. The summed E-state index contributed by atoms with van der Waals surface area (Å²) in [5, 5.41) is 0. The molecule has 3 rings (SSSR count). The number of rotatable bonds is 1. The second kappa shape index (κ2) is 4.05. The van der Waals surface area contributed by atoms with E-state index in [1.165, 1.54) is 6.20 Å². The number of hydrogen-bond acceptors (Lipinski definition) is 1. The summed E-state index contributed by atoms with van der Waals surface area (Å²) in [5.41, 5.74) is 1.67. The van der Waals surface area contributed by atoms with Gasteiger partial charge in [0.15, 0.2) is 5.82 Å². The van der Waals surface area contributed by atoms with Gasteiger partial charge >= 0.3 is 0 Å². The maximum Gasteiger partial charge on any atom is 0.272 e. The summed E-state index contributed by atoms with van der Waals surface area (Å²) in [6, 6.07) is 8.26. The van der Waals surface area contributed by atoms with Crippen molar-refractivity contribution < 1.29 is 8.78 Å². The van der Waals surface area contributed by atoms with E-state index in [4.69, 9.17) is 0 Å². The minimum Gasteiger partial charge on any atom is -0.319 e. The molecular formula is C14H10F2N2O. The van der Waals surface area contributed by atoms with Crippen molar-refractivity contribution in [2.45, 2.75) is 6.92 Å². The van der Waals surface area contributed by atoms with Gasteiger partial charge in [0.1, 0.15) is 5.52 Å². The first-order valence-corrected chi connectivity index (χ1v) is 5.72. The van der Waals surface area contributed by atoms with Crippen LogP contribution in [0.25, 0.3) is 16.8 Å². The van der Waals surface area contributed by atoms with Crippen molar-refractivity contribution in [1.82, 2.24) is 9.38 Å². The number of halogens is 2. The highest BCUT2D eigenvalue weighted by molar-refractivity contribution is 5.61. The molecule has 3 nitrogen and oxygen atoms in total. The van der Waals surface area contributed by atoms with Gasteiger partial charge < -0.3 is 4.98 Å². The first-order chi connectivity index (χ1) is 9.06. The third kappa shape index (κ3) is 1.83. The predicted molar refractivity (Wildman–Crippen MR) is 68.1 cm³/mol. The van der Waals surface area contributed by atoms with E-state index in [2.05, 4.69) is 4.98 Å². The Morgan fingerprint density at radius 3 is 2.53 bits per heavy atom. The average Bonchev–Trinajstić information content (AvgIpc) is 2.68. The summed E-state index contributed by atoms with van der Waals surface area (Å²) in [7, 11) is 0. The zero-order valence-electron chi connectivity index (χ0n) is 10.1. The molecule has 0 radical (unpaired) electrons. The van der Waals surface area contributed by atoms with Crippen LogP contribution in [-0.2, 0) is 0 Å². The molecule has 0 atom stereocenters. The lowest BCUT2D eigenvalue weighted by Crippen LogP contribution is -2.10. The van der Waals surface area contributed by atoms with Gasteiger partial charge in [-0.3, -0.25) is 9.20 Å². The van der Waals surface area contributed by atoms with Crippen LogP contribution in [0.2, 0.25) is 0 Å². The van der Waals surface area contributed by atoms with E-state index < -0.39 is 17.3 Å². The number of fused-ring (bicyclic) bond motifs is 1. The number of aryl methyl sites for hydroxylation is 1. The molecular weight excluding hydrogens is 250 g/mol. The Kier molecular flexibility index (Phi) is 2.48. The Bertz CT molecular complexity index is 816. The van der Waals surface area contributed by atoms with E-state index in [0.29, 0.717) is 5.69 Å². The van der Waals surface area contributed by atoms with Gasteiger partial charge in [0.25, 0.3) is 5.56 Å². The summed E-state index contributed by atoms with van der Waals surface area (Å²) in [6.07, 6.45) is 1.37. The number of nitrogens with zero attached hydrogens (tertiary/aromatic N) is 1. The highest BCUT2D eigenvalue weighted by Gasteiger charge is 2.13. The van der Waals surface area contributed by atoms with Crippen molar-refractivity contribution in [3.05, 3.63) is 64.2 Å². The van der Waals surface area contributed by atoms with Crippen LogP contribution in [0.5, 0.6) is 0 Å². The molecule has 96 valence electrons. The summed E-state index contributed by atoms with van der Waals surface area (Å²) in [5.74, 6) is -2.10. The van der Waals surface area contributed by atoms with E-state index in [9.17, 15) is 13.6 Å². The number of H-pyrrole nitrogens is 1. The van der Waals surface area contributed by atoms with Crippen LogP contribution < -0.4 is 5.56 Å². The minimum absolute atomic E-state index is 0.0501. The van der Waals surface area contributed by atoms with E-state index in [-0.39, 0.29) is 5.52 Å². The fourth-order valence-electron chi connectivity index (χ4n) is 2.00. The normalized spacial score (nSPS) is 11.1. The fourth-order valence-corrected chi connectivity index (χ4v) is 2.00. The minimum atomic E-state index is -1.06. The van der Waals surface area contributed by atoms with E-state index >= 15 is 0 Å². The lowest BCUT2D eigenvalue weighted by molar-refractivity contribution is 0.481. The van der Waals surface area contributed by atoms with Crippen molar-refractivity contribution in [3.63, 3.8) is 0 Å². The number of aromatic nitrogens is 2. The Balaban J connectivity index is 2.28. The molecule has 0 saturated heterocycles. The second-order valence-corrected chi connectivity index (χ2v) is 4.40. The van der Waals surface area contributed by atoms with Crippen LogP contribution in [-0.4, -0.2) is 9.38 Å². The summed E-state index contributed by atoms with van der Waals surface area (Å²) >= 11 is 0. The molecule has 0 aliphatic heterocycles. The molecule has 0 aliphatic carbocycles. The lowest BCUT2D eigenvalue weighted by Gasteiger charge is -2.04. The third-order valence-electron chi connectivity index (χ3n) is 3.03. The van der Waals surface area contributed by atoms with Crippen LogP contribution in [0.1, 0.15) is 5.56 Å². The van der Waals surface area contributed by atoms with E-state index in [1.807, 2.05) is 31.2 Å². The molecule has 5 heteroatoms. The topological polar surface area (TPSA) is 37.3 Å². The monoisotopic (exact) mass is 260 g/mol. The van der Waals surface area contributed by atoms with Crippen molar-refractivity contribution in [2.75, 3.05) is 0 Å². The van der Waals surface area contributed by atoms with E-state index in [1.54, 1.807) is 0 Å². The zero-order valence-corrected chi connectivity index (χ0v) is 10.1. The Hall–Kier alpha value is -2.43. The number of hydrogen-bond donors (Lipinski definition) is 1. The second-order valence-electron chi connectivity index (χ2n) is 4.40. The fraction of sp³-hybridized carbons (Fsp3) is 0.0714. The highest BCUT2D eigenvalue weighted by Crippen LogP contribution is 2.18. The molecule has 0 amide bonds. The molecule has 0 saturated carbocycles. The molecule has 2 heterocycles. The number of benzene rings is 1. The molecule has 0 aliphatic rings. The number of aromatic amines is 1. The summed E-state index contributed by atoms with van der Waals surface area (Å²) in [6.45, 7) is 1.94. The standard InChI is InChI=1S/C14H10F2N2O/c1-8-2-4-9(5-3-8)11-7-18-12(14(19)17-11)6-10(15)13(18)16/h2-7H,1H3,(H,17,19). The van der Waals surface area contributed by atoms with Crippen molar-refractivity contribution in [2.24, 2.45) is 0 Å². The first-order valence-electron chi connectivity index (χ1n) is 5.72. The van der Waals surface area contributed by atoms with Crippen molar-refractivity contribution in [3.8, 4) is 11.3 Å². The Morgan fingerprint density at radius 1 is 1.16 bits per heavy atom. The van der Waals surface area contributed by atoms with Gasteiger partial charge in [-0.2, -0.15) is 4.39 Å². The van der Waals surface area contributed by atoms with Crippen molar-refractivity contribution in [1.29, 1.82) is 0 Å². The smallest absolute Gasteiger partial charge is 0.272 e. The Morgan fingerprint density at radius 2 is 1.84 bits per heavy atom. The van der Waals surface area contributed by atoms with Gasteiger partial charge in [0.05, 0.1) is 5.69 Å². The zero-order chi connectivity index (χ0) is 13.6. The van der Waals surface area contributed by atoms with Crippen LogP contribution >= 0.6 is 0 Å². The van der Waals surface area contributed by atoms with Crippen LogP contribution in [0.3, 0.4) is 0 Å². The molecule has 0 fully saturated rings. The summed E-state index contributed by atoms with van der Waals surface area (Å²) < 4.78 is 27.6. The van der Waals surface area contributed by atoms with Crippen LogP contribution in [0, 0.1) is 18.7 Å². The van der Waals surface area contributed by atoms with Crippen molar-refractivity contribution >= 4 is 5.52 Å². The maximum absolute atomic E-state index is 13.5. The van der Waals surface area contributed by atoms with Gasteiger partial charge in [-0.05, 0) is 12.5 Å². The van der Waals surface area contributed by atoms with Crippen LogP contribution in [0.15, 0.2) is 41.3 Å². The quantitative estimate of drug-likeness (QED) is 0.717. The molecule has 19 heavy (non-hydrogen) atoms. The maximum atomic E-state index is 13.5. The molecule has 0 unspecified atom stereocenters. The van der Waals surface area contributed by atoms with Gasteiger partial charge in [0.2, 0.25) is 5.95 Å². The Labute approximate surface area is 107 Å². The van der Waals surface area contributed by atoms with Gasteiger partial charge in [-0.1, -0.05) is 29.8 Å². The SMILES string of the molecule is Cc1ccc(-c2cn3c(F)c(F)cc3c(=O)[nH]2)cc1. The van der Waals surface area contributed by atoms with Gasteiger partial charge in [-0.25, -0.2) is 4.39 Å². The average molecular weight is 260 g/mol. The van der Waals surface area contributed by atoms with E-state index in [0.717, 1.165) is 21.6 Å². The number of nitrogens with one attached hydrogen (secondary N) is 1. The summed E-state index contributed by atoms with van der Waals surface area (Å²) in [4.78, 5) is 14.4. The lowest BCUT2D eigenvalue weighted by atomic mass is 10.1. The molecule has 0 spiro atoms. The molecule has 2 aromatic heterocycles.